The fraction of sp³-hybridized carbons (Fsp3) is 0.174. The first-order chi connectivity index (χ1) is 14.7. The molecule has 0 saturated heterocycles. The standard InChI is InChI=1S/C23H19NO6/c1-27-23(26)21-18(13-30-22(25)19-14-28-11-12-29-19)24-17-10-6-5-9-16(17)20(21)15-7-3-2-4-8-15/h2-10,14H,11-13H2,1H3. The fourth-order valence-electron chi connectivity index (χ4n) is 3.27. The van der Waals surface area contributed by atoms with Crippen LogP contribution in [0.25, 0.3) is 22.0 Å². The number of carbonyl (C=O) groups excluding carboxylic acids is 2. The highest BCUT2D eigenvalue weighted by Crippen LogP contribution is 2.34. The van der Waals surface area contributed by atoms with Crippen molar-refractivity contribution in [3.05, 3.63) is 77.9 Å². The van der Waals surface area contributed by atoms with Crippen LogP contribution < -0.4 is 0 Å². The van der Waals surface area contributed by atoms with Crippen LogP contribution in [0.3, 0.4) is 0 Å². The summed E-state index contributed by atoms with van der Waals surface area (Å²) in [5, 5.41) is 0.797. The Morgan fingerprint density at radius 3 is 2.50 bits per heavy atom. The number of carbonyl (C=O) groups is 2. The Hall–Kier alpha value is -3.87. The molecule has 0 aliphatic carbocycles. The zero-order valence-electron chi connectivity index (χ0n) is 16.3. The van der Waals surface area contributed by atoms with Gasteiger partial charge in [-0.25, -0.2) is 14.6 Å². The molecule has 2 aromatic carbocycles. The number of rotatable bonds is 5. The first-order valence-electron chi connectivity index (χ1n) is 9.36. The number of esters is 2. The highest BCUT2D eigenvalue weighted by Gasteiger charge is 2.25. The molecule has 0 fully saturated rings. The van der Waals surface area contributed by atoms with Gasteiger partial charge < -0.3 is 18.9 Å². The largest absolute Gasteiger partial charge is 0.493 e. The Morgan fingerprint density at radius 1 is 1.00 bits per heavy atom. The van der Waals surface area contributed by atoms with Crippen molar-refractivity contribution in [2.75, 3.05) is 20.3 Å². The molecule has 2 heterocycles. The molecule has 7 heteroatoms. The molecule has 0 amide bonds. The first-order valence-corrected chi connectivity index (χ1v) is 9.36. The molecule has 0 radical (unpaired) electrons. The number of aromatic nitrogens is 1. The zero-order valence-corrected chi connectivity index (χ0v) is 16.3. The van der Waals surface area contributed by atoms with E-state index in [4.69, 9.17) is 18.9 Å². The molecule has 30 heavy (non-hydrogen) atoms. The molecule has 0 N–H and O–H groups in total. The van der Waals surface area contributed by atoms with Crippen molar-refractivity contribution in [3.63, 3.8) is 0 Å². The van der Waals surface area contributed by atoms with Crippen molar-refractivity contribution < 1.29 is 28.5 Å². The molecule has 0 saturated carbocycles. The van der Waals surface area contributed by atoms with Crippen molar-refractivity contribution in [1.82, 2.24) is 4.98 Å². The van der Waals surface area contributed by atoms with Crippen LogP contribution in [-0.4, -0.2) is 37.2 Å². The summed E-state index contributed by atoms with van der Waals surface area (Å²) >= 11 is 0. The summed E-state index contributed by atoms with van der Waals surface area (Å²) in [4.78, 5) is 29.6. The van der Waals surface area contributed by atoms with E-state index in [1.54, 1.807) is 0 Å². The van der Waals surface area contributed by atoms with Crippen LogP contribution in [0.2, 0.25) is 0 Å². The summed E-state index contributed by atoms with van der Waals surface area (Å²) in [6.45, 7) is 0.408. The van der Waals surface area contributed by atoms with Gasteiger partial charge in [0.15, 0.2) is 0 Å². The van der Waals surface area contributed by atoms with E-state index in [2.05, 4.69) is 4.98 Å². The number of methoxy groups -OCH3 is 1. The average Bonchev–Trinajstić information content (AvgIpc) is 2.82. The van der Waals surface area contributed by atoms with E-state index in [1.165, 1.54) is 13.4 Å². The van der Waals surface area contributed by atoms with Crippen molar-refractivity contribution in [1.29, 1.82) is 0 Å². The quantitative estimate of drug-likeness (QED) is 0.600. The average molecular weight is 405 g/mol. The van der Waals surface area contributed by atoms with Gasteiger partial charge in [-0.2, -0.15) is 0 Å². The van der Waals surface area contributed by atoms with Gasteiger partial charge in [0.1, 0.15) is 26.1 Å². The van der Waals surface area contributed by atoms with Crippen LogP contribution in [0.15, 0.2) is 66.6 Å². The fourth-order valence-corrected chi connectivity index (χ4v) is 3.27. The van der Waals surface area contributed by atoms with Crippen LogP contribution in [-0.2, 0) is 30.3 Å². The number of benzene rings is 2. The normalized spacial score (nSPS) is 13.0. The molecule has 1 aliphatic rings. The van der Waals surface area contributed by atoms with Crippen molar-refractivity contribution >= 4 is 22.8 Å². The van der Waals surface area contributed by atoms with Crippen molar-refractivity contribution in [2.45, 2.75) is 6.61 Å². The Labute approximate surface area is 172 Å². The maximum atomic E-state index is 12.8. The monoisotopic (exact) mass is 405 g/mol. The van der Waals surface area contributed by atoms with E-state index in [0.29, 0.717) is 23.4 Å². The molecule has 4 rings (SSSR count). The Balaban J connectivity index is 1.81. The minimum Gasteiger partial charge on any atom is -0.493 e. The first kappa shape index (κ1) is 19.4. The number of pyridine rings is 1. The summed E-state index contributed by atoms with van der Waals surface area (Å²) in [6.07, 6.45) is 1.22. The lowest BCUT2D eigenvalue weighted by Crippen LogP contribution is -2.18. The van der Waals surface area contributed by atoms with E-state index in [0.717, 1.165) is 10.9 Å². The highest BCUT2D eigenvalue weighted by atomic mass is 16.6. The van der Waals surface area contributed by atoms with E-state index in [1.807, 2.05) is 54.6 Å². The van der Waals surface area contributed by atoms with Gasteiger partial charge in [-0.1, -0.05) is 48.5 Å². The van der Waals surface area contributed by atoms with Crippen LogP contribution in [0.4, 0.5) is 0 Å². The number of para-hydroxylation sites is 1. The van der Waals surface area contributed by atoms with Crippen LogP contribution in [0.5, 0.6) is 0 Å². The molecule has 152 valence electrons. The Kier molecular flexibility index (Phi) is 5.61. The topological polar surface area (TPSA) is 84.0 Å². The summed E-state index contributed by atoms with van der Waals surface area (Å²) in [6, 6.07) is 17.0. The molecule has 3 aromatic rings. The number of hydrogen-bond acceptors (Lipinski definition) is 7. The smallest absolute Gasteiger partial charge is 0.377 e. The second kappa shape index (κ2) is 8.65. The number of ether oxygens (including phenoxy) is 4. The molecular weight excluding hydrogens is 386 g/mol. The molecule has 0 spiro atoms. The second-order valence-corrected chi connectivity index (χ2v) is 6.46. The van der Waals surface area contributed by atoms with Crippen LogP contribution in [0.1, 0.15) is 16.1 Å². The van der Waals surface area contributed by atoms with E-state index in [9.17, 15) is 9.59 Å². The summed E-state index contributed by atoms with van der Waals surface area (Å²) in [5.41, 5.74) is 2.73. The van der Waals surface area contributed by atoms with Crippen LogP contribution in [0, 0.1) is 0 Å². The minimum absolute atomic E-state index is 0.0232. The van der Waals surface area contributed by atoms with E-state index in [-0.39, 0.29) is 24.5 Å². The Bertz CT molecular complexity index is 1120. The molecule has 1 aliphatic heterocycles. The van der Waals surface area contributed by atoms with Gasteiger partial charge in [-0.15, -0.1) is 0 Å². The number of nitrogens with zero attached hydrogens (tertiary/aromatic N) is 1. The summed E-state index contributed by atoms with van der Waals surface area (Å²) < 4.78 is 20.7. The summed E-state index contributed by atoms with van der Waals surface area (Å²) in [5.74, 6) is -1.28. The van der Waals surface area contributed by atoms with Gasteiger partial charge in [0, 0.05) is 10.9 Å². The minimum atomic E-state index is -0.693. The van der Waals surface area contributed by atoms with Gasteiger partial charge in [-0.05, 0) is 11.6 Å². The predicted octanol–water partition coefficient (Wildman–Crippen LogP) is 3.62. The second-order valence-electron chi connectivity index (χ2n) is 6.46. The third-order valence-electron chi connectivity index (χ3n) is 4.61. The molecule has 0 bridgehead atoms. The number of hydrogen-bond donors (Lipinski definition) is 0. The lowest BCUT2D eigenvalue weighted by Gasteiger charge is -2.17. The van der Waals surface area contributed by atoms with Crippen molar-refractivity contribution in [2.24, 2.45) is 0 Å². The van der Waals surface area contributed by atoms with Gasteiger partial charge in [0.05, 0.1) is 23.9 Å². The van der Waals surface area contributed by atoms with Crippen molar-refractivity contribution in [3.8, 4) is 11.1 Å². The molecule has 1 aromatic heterocycles. The molecule has 0 unspecified atom stereocenters. The van der Waals surface area contributed by atoms with E-state index >= 15 is 0 Å². The number of fused-ring (bicyclic) bond motifs is 1. The molecule has 7 nitrogen and oxygen atoms in total. The lowest BCUT2D eigenvalue weighted by molar-refractivity contribution is -0.146. The SMILES string of the molecule is COC(=O)c1c(COC(=O)C2=COCCO2)nc2ccccc2c1-c1ccccc1. The Morgan fingerprint density at radius 2 is 1.77 bits per heavy atom. The van der Waals surface area contributed by atoms with Gasteiger partial charge in [0.2, 0.25) is 5.76 Å². The van der Waals surface area contributed by atoms with Gasteiger partial charge in [-0.3, -0.25) is 0 Å². The zero-order chi connectivity index (χ0) is 20.9. The van der Waals surface area contributed by atoms with E-state index < -0.39 is 11.9 Å². The van der Waals surface area contributed by atoms with Gasteiger partial charge in [0.25, 0.3) is 0 Å². The third-order valence-corrected chi connectivity index (χ3v) is 4.61. The third kappa shape index (κ3) is 3.82. The maximum absolute atomic E-state index is 12.8. The molecule has 0 atom stereocenters. The maximum Gasteiger partial charge on any atom is 0.377 e. The van der Waals surface area contributed by atoms with Gasteiger partial charge >= 0.3 is 11.9 Å². The predicted molar refractivity (Wildman–Crippen MR) is 108 cm³/mol. The van der Waals surface area contributed by atoms with Crippen LogP contribution >= 0.6 is 0 Å². The molecular formula is C23H19NO6. The lowest BCUT2D eigenvalue weighted by atomic mass is 9.94. The highest BCUT2D eigenvalue weighted by molar-refractivity contribution is 6.07. The summed E-state index contributed by atoms with van der Waals surface area (Å²) in [7, 11) is 1.31.